The number of ether oxygens (including phenoxy) is 3. The van der Waals surface area contributed by atoms with Crippen LogP contribution >= 0.6 is 11.6 Å². The summed E-state index contributed by atoms with van der Waals surface area (Å²) in [5.41, 5.74) is 0.235. The van der Waals surface area contributed by atoms with Crippen LogP contribution in [0.5, 0.6) is 11.5 Å². The number of nitrogens with zero attached hydrogens (tertiary/aromatic N) is 1. The van der Waals surface area contributed by atoms with Crippen LogP contribution in [0, 0.1) is 0 Å². The van der Waals surface area contributed by atoms with E-state index in [1.807, 2.05) is 0 Å². The van der Waals surface area contributed by atoms with Crippen LogP contribution in [-0.2, 0) is 19.6 Å². The molecular weight excluding hydrogens is 432 g/mol. The lowest BCUT2D eigenvalue weighted by atomic mass is 10.2. The van der Waals surface area contributed by atoms with Gasteiger partial charge in [0.1, 0.15) is 11.5 Å². The Balaban J connectivity index is 1.78. The molecule has 2 aromatic carbocycles. The summed E-state index contributed by atoms with van der Waals surface area (Å²) in [6, 6.07) is 11.0. The lowest BCUT2D eigenvalue weighted by Crippen LogP contribution is -2.40. The maximum atomic E-state index is 12.9. The molecule has 1 atom stereocenters. The molecule has 1 fully saturated rings. The van der Waals surface area contributed by atoms with Gasteiger partial charge in [-0.25, -0.2) is 8.42 Å². The van der Waals surface area contributed by atoms with Crippen LogP contribution in [0.3, 0.4) is 0 Å². The zero-order chi connectivity index (χ0) is 21.7. The molecule has 2 aromatic rings. The average Bonchev–Trinajstić information content (AvgIpc) is 2.74. The van der Waals surface area contributed by atoms with Crippen molar-refractivity contribution in [1.29, 1.82) is 0 Å². The number of hydrogen-bond acceptors (Lipinski definition) is 6. The van der Waals surface area contributed by atoms with Gasteiger partial charge < -0.3 is 19.5 Å². The van der Waals surface area contributed by atoms with Gasteiger partial charge in [0.05, 0.1) is 30.9 Å². The quantitative estimate of drug-likeness (QED) is 0.691. The van der Waals surface area contributed by atoms with Crippen molar-refractivity contribution in [1.82, 2.24) is 4.31 Å². The van der Waals surface area contributed by atoms with E-state index in [-0.39, 0.29) is 23.7 Å². The molecule has 162 valence electrons. The van der Waals surface area contributed by atoms with Gasteiger partial charge in [0.2, 0.25) is 10.0 Å². The van der Waals surface area contributed by atoms with E-state index in [4.69, 9.17) is 25.8 Å². The molecule has 0 aromatic heterocycles. The van der Waals surface area contributed by atoms with E-state index in [1.165, 1.54) is 29.6 Å². The molecule has 0 aliphatic carbocycles. The molecule has 1 heterocycles. The molecule has 1 amide bonds. The maximum absolute atomic E-state index is 12.9. The Morgan fingerprint density at radius 1 is 1.20 bits per heavy atom. The minimum absolute atomic E-state index is 0.0592. The number of halogens is 1. The summed E-state index contributed by atoms with van der Waals surface area (Å²) in [7, 11) is -2.28. The van der Waals surface area contributed by atoms with Crippen molar-refractivity contribution in [2.45, 2.75) is 17.9 Å². The predicted molar refractivity (Wildman–Crippen MR) is 113 cm³/mol. The minimum Gasteiger partial charge on any atom is -0.495 e. The lowest BCUT2D eigenvalue weighted by molar-refractivity contribution is -0.122. The molecule has 3 rings (SSSR count). The molecular formula is C20H23ClN2O6S. The number of sulfonamides is 1. The average molecular weight is 455 g/mol. The van der Waals surface area contributed by atoms with Gasteiger partial charge in [-0.05, 0) is 43.3 Å². The first-order valence-electron chi connectivity index (χ1n) is 9.30. The van der Waals surface area contributed by atoms with Crippen LogP contribution < -0.4 is 14.8 Å². The van der Waals surface area contributed by atoms with Crippen molar-refractivity contribution >= 4 is 33.2 Å². The van der Waals surface area contributed by atoms with Crippen molar-refractivity contribution < 1.29 is 27.4 Å². The number of amides is 1. The first-order chi connectivity index (χ1) is 14.3. The van der Waals surface area contributed by atoms with Crippen molar-refractivity contribution in [2.24, 2.45) is 0 Å². The van der Waals surface area contributed by atoms with Crippen LogP contribution in [0.1, 0.15) is 6.92 Å². The number of carbonyl (C=O) groups excluding carboxylic acids is 1. The van der Waals surface area contributed by atoms with E-state index in [0.29, 0.717) is 29.7 Å². The van der Waals surface area contributed by atoms with Crippen LogP contribution in [0.15, 0.2) is 47.4 Å². The highest BCUT2D eigenvalue weighted by molar-refractivity contribution is 7.89. The molecule has 0 radical (unpaired) electrons. The van der Waals surface area contributed by atoms with Gasteiger partial charge in [-0.3, -0.25) is 4.79 Å². The van der Waals surface area contributed by atoms with Crippen LogP contribution in [0.4, 0.5) is 5.69 Å². The molecule has 1 aliphatic rings. The molecule has 0 saturated carbocycles. The van der Waals surface area contributed by atoms with Gasteiger partial charge in [0, 0.05) is 18.1 Å². The lowest BCUT2D eigenvalue weighted by Gasteiger charge is -2.26. The topological polar surface area (TPSA) is 94.2 Å². The summed E-state index contributed by atoms with van der Waals surface area (Å²) < 4.78 is 43.3. The SMILES string of the molecule is COc1ccc(S(=O)(=O)N2CCOCC2)cc1NC(=O)[C@@H](C)Oc1cccc(Cl)c1. The van der Waals surface area contributed by atoms with E-state index < -0.39 is 22.0 Å². The Hall–Kier alpha value is -2.33. The summed E-state index contributed by atoms with van der Waals surface area (Å²) >= 11 is 5.94. The zero-order valence-corrected chi connectivity index (χ0v) is 18.2. The second kappa shape index (κ2) is 9.65. The Kier molecular flexibility index (Phi) is 7.19. The first-order valence-corrected chi connectivity index (χ1v) is 11.1. The Morgan fingerprint density at radius 2 is 1.93 bits per heavy atom. The highest BCUT2D eigenvalue weighted by atomic mass is 35.5. The Labute approximate surface area is 180 Å². The van der Waals surface area contributed by atoms with Gasteiger partial charge in [-0.15, -0.1) is 0 Å². The van der Waals surface area contributed by atoms with Gasteiger partial charge in [-0.1, -0.05) is 17.7 Å². The molecule has 10 heteroatoms. The van der Waals surface area contributed by atoms with Gasteiger partial charge in [-0.2, -0.15) is 4.31 Å². The summed E-state index contributed by atoms with van der Waals surface area (Å²) in [5.74, 6) is 0.314. The van der Waals surface area contributed by atoms with E-state index in [2.05, 4.69) is 5.32 Å². The first kappa shape index (κ1) is 22.4. The fourth-order valence-corrected chi connectivity index (χ4v) is 4.53. The summed E-state index contributed by atoms with van der Waals surface area (Å²) in [6.07, 6.45) is -0.854. The number of morpholine rings is 1. The van der Waals surface area contributed by atoms with Crippen LogP contribution in [-0.4, -0.2) is 58.1 Å². The molecule has 0 bridgehead atoms. The van der Waals surface area contributed by atoms with Crippen LogP contribution in [0.2, 0.25) is 5.02 Å². The highest BCUT2D eigenvalue weighted by Gasteiger charge is 2.27. The van der Waals surface area contributed by atoms with Gasteiger partial charge in [0.15, 0.2) is 6.10 Å². The van der Waals surface area contributed by atoms with E-state index in [1.54, 1.807) is 31.2 Å². The number of benzene rings is 2. The monoisotopic (exact) mass is 454 g/mol. The number of hydrogen-bond donors (Lipinski definition) is 1. The largest absolute Gasteiger partial charge is 0.495 e. The number of nitrogens with one attached hydrogen (secondary N) is 1. The molecule has 1 saturated heterocycles. The zero-order valence-electron chi connectivity index (χ0n) is 16.6. The molecule has 1 N–H and O–H groups in total. The van der Waals surface area contributed by atoms with Crippen molar-refractivity contribution in [3.63, 3.8) is 0 Å². The second-order valence-corrected chi connectivity index (χ2v) is 8.96. The van der Waals surface area contributed by atoms with Gasteiger partial charge in [0.25, 0.3) is 5.91 Å². The molecule has 1 aliphatic heterocycles. The number of methoxy groups -OCH3 is 1. The van der Waals surface area contributed by atoms with Crippen LogP contribution in [0.25, 0.3) is 0 Å². The fourth-order valence-electron chi connectivity index (χ4n) is 2.91. The fraction of sp³-hybridized carbons (Fsp3) is 0.350. The summed E-state index contributed by atoms with van der Waals surface area (Å²) in [5, 5.41) is 3.17. The molecule has 0 spiro atoms. The summed E-state index contributed by atoms with van der Waals surface area (Å²) in [6.45, 7) is 2.83. The Bertz CT molecular complexity index is 1010. The standard InChI is InChI=1S/C20H23ClN2O6S/c1-14(29-16-5-3-4-15(21)12-16)20(24)22-18-13-17(6-7-19(18)27-2)30(25,26)23-8-10-28-11-9-23/h3-7,12-14H,8-11H2,1-2H3,(H,22,24)/t14-/m1/s1. The maximum Gasteiger partial charge on any atom is 0.265 e. The van der Waals surface area contributed by atoms with E-state index in [9.17, 15) is 13.2 Å². The molecule has 8 nitrogen and oxygen atoms in total. The number of anilines is 1. The smallest absolute Gasteiger partial charge is 0.265 e. The van der Waals surface area contributed by atoms with E-state index in [0.717, 1.165) is 0 Å². The van der Waals surface area contributed by atoms with Crippen molar-refractivity contribution in [3.05, 3.63) is 47.5 Å². The number of rotatable bonds is 7. The third-order valence-electron chi connectivity index (χ3n) is 4.51. The normalized spacial score (nSPS) is 16.0. The van der Waals surface area contributed by atoms with E-state index >= 15 is 0 Å². The summed E-state index contributed by atoms with van der Waals surface area (Å²) in [4.78, 5) is 12.7. The van der Waals surface area contributed by atoms with Gasteiger partial charge >= 0.3 is 0 Å². The number of carbonyl (C=O) groups is 1. The third-order valence-corrected chi connectivity index (χ3v) is 6.64. The molecule has 30 heavy (non-hydrogen) atoms. The third kappa shape index (κ3) is 5.23. The second-order valence-electron chi connectivity index (χ2n) is 6.59. The minimum atomic E-state index is -3.72. The highest BCUT2D eigenvalue weighted by Crippen LogP contribution is 2.29. The Morgan fingerprint density at radius 3 is 2.60 bits per heavy atom. The predicted octanol–water partition coefficient (Wildman–Crippen LogP) is 2.78. The molecule has 0 unspecified atom stereocenters. The van der Waals surface area contributed by atoms with Crippen molar-refractivity contribution in [2.75, 3.05) is 38.7 Å². The van der Waals surface area contributed by atoms with Crippen molar-refractivity contribution in [3.8, 4) is 11.5 Å².